The molecule has 1 N–H and O–H groups in total. The molecule has 3 saturated heterocycles. The molecule has 2 aromatic rings. The molecular formula is C22H29N5O3. The highest BCUT2D eigenvalue weighted by Crippen LogP contribution is 2.54. The van der Waals surface area contributed by atoms with Crippen LogP contribution in [0.2, 0.25) is 0 Å². The largest absolute Gasteiger partial charge is 0.481 e. The number of rotatable bonds is 7. The Morgan fingerprint density at radius 1 is 1.37 bits per heavy atom. The Kier molecular flexibility index (Phi) is 4.99. The van der Waals surface area contributed by atoms with Crippen molar-refractivity contribution in [3.05, 3.63) is 41.9 Å². The maximum atomic E-state index is 12.6. The number of hydrogen-bond donors (Lipinski definition) is 1. The van der Waals surface area contributed by atoms with Gasteiger partial charge in [0, 0.05) is 67.7 Å². The summed E-state index contributed by atoms with van der Waals surface area (Å²) in [5, 5.41) is 7.53. The van der Waals surface area contributed by atoms with Crippen LogP contribution < -0.4 is 10.1 Å². The van der Waals surface area contributed by atoms with Gasteiger partial charge < -0.3 is 14.8 Å². The van der Waals surface area contributed by atoms with Gasteiger partial charge in [-0.1, -0.05) is 0 Å². The van der Waals surface area contributed by atoms with Gasteiger partial charge in [-0.05, 0) is 31.9 Å². The molecule has 0 aliphatic carbocycles. The number of nitrogens with zero attached hydrogens (tertiary/aromatic N) is 4. The first-order valence-corrected chi connectivity index (χ1v) is 10.7. The van der Waals surface area contributed by atoms with Crippen LogP contribution in [0, 0.1) is 18.8 Å². The van der Waals surface area contributed by atoms with Gasteiger partial charge in [-0.15, -0.1) is 0 Å². The molecule has 160 valence electrons. The van der Waals surface area contributed by atoms with E-state index in [0.29, 0.717) is 29.8 Å². The van der Waals surface area contributed by atoms with E-state index in [9.17, 15) is 4.79 Å². The number of carbonyl (C=O) groups excluding carboxylic acids is 1. The Labute approximate surface area is 176 Å². The van der Waals surface area contributed by atoms with Crippen molar-refractivity contribution in [1.82, 2.24) is 25.0 Å². The molecule has 8 nitrogen and oxygen atoms in total. The monoisotopic (exact) mass is 411 g/mol. The van der Waals surface area contributed by atoms with Gasteiger partial charge in [-0.3, -0.25) is 14.4 Å². The number of fused-ring (bicyclic) bond motifs is 1. The molecule has 5 heterocycles. The van der Waals surface area contributed by atoms with E-state index in [2.05, 4.69) is 31.9 Å². The number of amides is 1. The van der Waals surface area contributed by atoms with E-state index in [4.69, 9.17) is 9.47 Å². The van der Waals surface area contributed by atoms with Crippen LogP contribution in [0.25, 0.3) is 0 Å². The van der Waals surface area contributed by atoms with Crippen LogP contribution in [0.1, 0.15) is 28.9 Å². The van der Waals surface area contributed by atoms with Crippen LogP contribution in [0.5, 0.6) is 5.88 Å². The number of hydrogen-bond acceptors (Lipinski definition) is 6. The lowest BCUT2D eigenvalue weighted by Crippen LogP contribution is -2.41. The van der Waals surface area contributed by atoms with Gasteiger partial charge in [0.15, 0.2) is 0 Å². The zero-order chi connectivity index (χ0) is 20.7. The number of aryl methyl sites for hydroxylation is 1. The molecule has 0 saturated carbocycles. The van der Waals surface area contributed by atoms with Crippen LogP contribution in [0.15, 0.2) is 30.6 Å². The molecule has 3 aliphatic heterocycles. The summed E-state index contributed by atoms with van der Waals surface area (Å²) in [7, 11) is 1.55. The average molecular weight is 412 g/mol. The van der Waals surface area contributed by atoms with Crippen LogP contribution in [0.4, 0.5) is 0 Å². The third-order valence-corrected chi connectivity index (χ3v) is 7.12. The van der Waals surface area contributed by atoms with Gasteiger partial charge >= 0.3 is 0 Å². The summed E-state index contributed by atoms with van der Waals surface area (Å²) >= 11 is 0. The summed E-state index contributed by atoms with van der Waals surface area (Å²) < 4.78 is 13.7. The predicted octanol–water partition coefficient (Wildman–Crippen LogP) is 1.50. The molecule has 0 unspecified atom stereocenters. The minimum absolute atomic E-state index is 0.0287. The summed E-state index contributed by atoms with van der Waals surface area (Å²) in [6.07, 6.45) is 5.93. The van der Waals surface area contributed by atoms with E-state index in [-0.39, 0.29) is 17.6 Å². The zero-order valence-corrected chi connectivity index (χ0v) is 17.6. The Morgan fingerprint density at radius 2 is 2.27 bits per heavy atom. The van der Waals surface area contributed by atoms with E-state index in [0.717, 1.165) is 39.0 Å². The maximum absolute atomic E-state index is 12.6. The molecule has 0 aromatic carbocycles. The molecule has 3 aliphatic rings. The van der Waals surface area contributed by atoms with E-state index in [1.165, 1.54) is 5.69 Å². The molecule has 5 rings (SSSR count). The first-order valence-electron chi connectivity index (χ1n) is 10.7. The van der Waals surface area contributed by atoms with Gasteiger partial charge in [0.25, 0.3) is 5.91 Å². The number of methoxy groups -OCH3 is 1. The third-order valence-electron chi connectivity index (χ3n) is 7.12. The van der Waals surface area contributed by atoms with Crippen LogP contribution in [-0.4, -0.2) is 70.6 Å². The average Bonchev–Trinajstić information content (AvgIpc) is 3.51. The predicted molar refractivity (Wildman–Crippen MR) is 110 cm³/mol. The van der Waals surface area contributed by atoms with Crippen molar-refractivity contribution in [1.29, 1.82) is 0 Å². The van der Waals surface area contributed by atoms with Crippen molar-refractivity contribution in [3.63, 3.8) is 0 Å². The van der Waals surface area contributed by atoms with Gasteiger partial charge in [0.05, 0.1) is 25.4 Å². The van der Waals surface area contributed by atoms with Crippen molar-refractivity contribution in [2.24, 2.45) is 11.8 Å². The molecular weight excluding hydrogens is 382 g/mol. The van der Waals surface area contributed by atoms with Gasteiger partial charge in [-0.25, -0.2) is 4.98 Å². The first kappa shape index (κ1) is 19.5. The van der Waals surface area contributed by atoms with Crippen molar-refractivity contribution < 1.29 is 14.3 Å². The van der Waals surface area contributed by atoms with Crippen LogP contribution in [0.3, 0.4) is 0 Å². The van der Waals surface area contributed by atoms with Gasteiger partial charge in [0.2, 0.25) is 5.88 Å². The Balaban J connectivity index is 1.20. The van der Waals surface area contributed by atoms with Gasteiger partial charge in [-0.2, -0.15) is 5.10 Å². The van der Waals surface area contributed by atoms with Crippen molar-refractivity contribution >= 4 is 5.91 Å². The Hall–Kier alpha value is -2.45. The molecule has 8 heteroatoms. The van der Waals surface area contributed by atoms with Gasteiger partial charge in [0.1, 0.15) is 0 Å². The lowest BCUT2D eigenvalue weighted by Gasteiger charge is -2.29. The molecule has 30 heavy (non-hydrogen) atoms. The zero-order valence-electron chi connectivity index (χ0n) is 17.6. The summed E-state index contributed by atoms with van der Waals surface area (Å²) in [6, 6.07) is 5.42. The molecule has 1 amide bonds. The molecule has 2 aromatic heterocycles. The topological polar surface area (TPSA) is 81.5 Å². The summed E-state index contributed by atoms with van der Waals surface area (Å²) in [5.41, 5.74) is 1.74. The number of carbonyl (C=O) groups is 1. The lowest BCUT2D eigenvalue weighted by molar-refractivity contribution is 0.00247. The summed E-state index contributed by atoms with van der Waals surface area (Å²) in [6.45, 7) is 6.63. The number of likely N-dealkylation sites (tertiary alicyclic amines) is 1. The smallest absolute Gasteiger partial charge is 0.251 e. The van der Waals surface area contributed by atoms with E-state index < -0.39 is 0 Å². The molecule has 0 radical (unpaired) electrons. The quantitative estimate of drug-likeness (QED) is 0.744. The SMILES string of the molecule is COc1cc(C(=O)NC[C@H]2[C@H]3CN(CCn4nccc4C)C[C@]34CC[C@H]2O4)ccn1. The Morgan fingerprint density at radius 3 is 3.07 bits per heavy atom. The minimum atomic E-state index is -0.0865. The summed E-state index contributed by atoms with van der Waals surface area (Å²) in [5.74, 6) is 1.20. The highest BCUT2D eigenvalue weighted by Gasteiger charge is 2.62. The minimum Gasteiger partial charge on any atom is -0.481 e. The molecule has 4 atom stereocenters. The molecule has 1 spiro atoms. The van der Waals surface area contributed by atoms with Crippen molar-refractivity contribution in [2.75, 3.05) is 33.3 Å². The fourth-order valence-electron chi connectivity index (χ4n) is 5.57. The number of pyridine rings is 1. The molecule has 2 bridgehead atoms. The van der Waals surface area contributed by atoms with E-state index in [1.807, 2.05) is 12.3 Å². The van der Waals surface area contributed by atoms with E-state index in [1.54, 1.807) is 25.4 Å². The second kappa shape index (κ2) is 7.67. The highest BCUT2D eigenvalue weighted by atomic mass is 16.5. The van der Waals surface area contributed by atoms with Crippen LogP contribution in [-0.2, 0) is 11.3 Å². The number of nitrogens with one attached hydrogen (secondary N) is 1. The second-order valence-corrected chi connectivity index (χ2v) is 8.76. The first-order chi connectivity index (χ1) is 14.6. The molecule has 3 fully saturated rings. The second-order valence-electron chi connectivity index (χ2n) is 8.76. The number of aromatic nitrogens is 3. The van der Waals surface area contributed by atoms with Crippen molar-refractivity contribution in [2.45, 2.75) is 38.0 Å². The standard InChI is InChI=1S/C22H29N5O3/c1-15-4-8-25-27(15)10-9-26-13-18-17(19-3-6-22(18,14-26)30-19)12-24-21(28)16-5-7-23-20(11-16)29-2/h4-5,7-8,11,17-19H,3,6,9-10,12-14H2,1-2H3,(H,24,28)/t17-,18+,19+,22+/m0/s1. The fraction of sp³-hybridized carbons (Fsp3) is 0.591. The van der Waals surface area contributed by atoms with Crippen molar-refractivity contribution in [3.8, 4) is 5.88 Å². The van der Waals surface area contributed by atoms with Crippen LogP contribution >= 0.6 is 0 Å². The summed E-state index contributed by atoms with van der Waals surface area (Å²) in [4.78, 5) is 19.2. The lowest BCUT2D eigenvalue weighted by atomic mass is 9.73. The van der Waals surface area contributed by atoms with E-state index >= 15 is 0 Å². The number of ether oxygens (including phenoxy) is 2. The third kappa shape index (κ3) is 3.37. The Bertz CT molecular complexity index is 931. The highest BCUT2D eigenvalue weighted by molar-refractivity contribution is 5.94. The fourth-order valence-corrected chi connectivity index (χ4v) is 5.57. The maximum Gasteiger partial charge on any atom is 0.251 e. The normalized spacial score (nSPS) is 29.9.